The third-order valence-corrected chi connectivity index (χ3v) is 23.4. The zero-order valence-corrected chi connectivity index (χ0v) is 77.9. The Bertz CT molecular complexity index is 4230. The van der Waals surface area contributed by atoms with E-state index < -0.39 is 384 Å². The molecule has 14 amide bonds. The summed E-state index contributed by atoms with van der Waals surface area (Å²) in [5.74, 6) is -25.4. The van der Waals surface area contributed by atoms with Gasteiger partial charge in [0.2, 0.25) is 82.7 Å². The molecule has 0 aliphatic carbocycles. The molecule has 0 aromatic carbocycles. The van der Waals surface area contributed by atoms with Gasteiger partial charge in [0.1, 0.15) is 183 Å². The summed E-state index contributed by atoms with van der Waals surface area (Å²) in [6.07, 6.45) is -39.5. The van der Waals surface area contributed by atoms with E-state index in [-0.39, 0.29) is 17.3 Å². The fourth-order valence-electron chi connectivity index (χ4n) is 13.6. The van der Waals surface area contributed by atoms with E-state index in [0.717, 1.165) is 85.8 Å². The highest BCUT2D eigenvalue weighted by Crippen LogP contribution is 2.37. The van der Waals surface area contributed by atoms with Crippen LogP contribution in [0.25, 0.3) is 0 Å². The largest absolute Gasteiger partial charge is 0.480 e. The Morgan fingerprint density at radius 2 is 0.659 bits per heavy atom. The molecule has 4 saturated heterocycles. The van der Waals surface area contributed by atoms with Gasteiger partial charge in [0.25, 0.3) is 0 Å². The third kappa shape index (κ3) is 37.2. The van der Waals surface area contributed by atoms with Crippen LogP contribution in [0.4, 0.5) is 0 Å². The van der Waals surface area contributed by atoms with E-state index in [9.17, 15) is 162 Å². The highest BCUT2D eigenvalue weighted by atomic mass is 32.2. The molecular formula is C77H124N16O43S2. The van der Waals surface area contributed by atoms with Gasteiger partial charge in [-0.05, 0) is 61.3 Å². The van der Waals surface area contributed by atoms with E-state index in [1.807, 2.05) is 5.32 Å². The second kappa shape index (κ2) is 57.2. The van der Waals surface area contributed by atoms with E-state index in [1.165, 1.54) is 13.8 Å². The number of carbonyl (C=O) groups excluding carboxylic acids is 14. The number of hydrogen-bond donors (Lipinski definition) is 30. The lowest BCUT2D eigenvalue weighted by Gasteiger charge is -2.52. The molecule has 32 N–H and O–H groups in total. The van der Waals surface area contributed by atoms with Gasteiger partial charge in [0.05, 0.1) is 26.4 Å². The average Bonchev–Trinajstić information content (AvgIpc) is 0.760. The van der Waals surface area contributed by atoms with Crippen molar-refractivity contribution in [3.05, 3.63) is 0 Å². The van der Waals surface area contributed by atoms with Crippen LogP contribution < -0.4 is 85.9 Å². The maximum absolute atomic E-state index is 14.5. The first kappa shape index (κ1) is 120. The number of aliphatic hydroxyl groups is 8. The van der Waals surface area contributed by atoms with Crippen LogP contribution in [-0.4, -0.2) is 447 Å². The topological polar surface area (TPSA) is 928 Å². The van der Waals surface area contributed by atoms with E-state index in [1.54, 1.807) is 0 Å². The van der Waals surface area contributed by atoms with Gasteiger partial charge in [-0.2, -0.15) is 23.5 Å². The van der Waals surface area contributed by atoms with Crippen molar-refractivity contribution in [2.24, 2.45) is 11.5 Å². The quantitative estimate of drug-likeness (QED) is 0.0269. The summed E-state index contributed by atoms with van der Waals surface area (Å²) in [6.45, 7) is 5.88. The van der Waals surface area contributed by atoms with Gasteiger partial charge >= 0.3 is 35.8 Å². The molecule has 4 aliphatic rings. The van der Waals surface area contributed by atoms with Gasteiger partial charge in [-0.25, -0.2) is 9.59 Å². The molecule has 782 valence electrons. The lowest BCUT2D eigenvalue weighted by Crippen LogP contribution is -2.72. The van der Waals surface area contributed by atoms with Crippen LogP contribution in [0.15, 0.2) is 0 Å². The molecular weight excluding hydrogens is 1900 g/mol. The monoisotopic (exact) mass is 2020 g/mol. The fraction of sp³-hybridized carbons (Fsp3) is 0.740. The van der Waals surface area contributed by atoms with Crippen molar-refractivity contribution < 1.29 is 210 Å². The van der Waals surface area contributed by atoms with Crippen LogP contribution >= 0.6 is 23.5 Å². The third-order valence-electron chi connectivity index (χ3n) is 21.0. The van der Waals surface area contributed by atoms with Crippen molar-refractivity contribution in [1.82, 2.24) is 74.4 Å². The zero-order chi connectivity index (χ0) is 104. The summed E-state index contributed by atoms with van der Waals surface area (Å²) < 4.78 is 55.6. The second-order valence-corrected chi connectivity index (χ2v) is 34.4. The van der Waals surface area contributed by atoms with E-state index in [0.29, 0.717) is 0 Å². The van der Waals surface area contributed by atoms with Crippen molar-refractivity contribution >= 4 is 142 Å². The molecule has 59 nitrogen and oxygen atoms in total. The number of rotatable bonds is 56. The standard InChI is InChI=1S/C77H124N16O43S2/c1-25(61(109)80-16-48(104)105)83-67(115)40(23-137-21-36(78)70(119)120)90-46(102)14-12-38(72(123)124)92-63(111)27(3)81-65(113)30(6)128-59-51(88-34(10)100)74(127)130-44(19-96)57(59)135-76-50(87-33(9)99)55(108)56(43(18-95)132-76)134-77-52(89-35(11)101)60(58(45(20-97)133-77)136-75-49(86-32(8)98)54(107)53(106)42(17-94)131-75)129-31(7)66(114)82-28(4)64(112)93-39(73(125)126)13-15-47(103)91-41(24-138-22-37(79)71(121)122)68(116)84-26(2)62(110)85-29(5)69(117)118/h25-31,36-45,49-60,74-77,94-97,106-108,127H,12-24,78-79H2,1-11H3,(H,80,109)(H,81,113)(H,82,114)(H,83,115)(H,84,116)(H,85,110)(H,86,98)(H,87,99)(H,88,100)(H,89,101)(H,90,102)(H,91,103)(H,92,111)(H,93,112)(H,104,105)(H,117,118)(H,119,120)(H,121,122)(H,123,124)(H,125,126). The van der Waals surface area contributed by atoms with Crippen molar-refractivity contribution in [2.45, 2.75) is 303 Å². The number of nitrogens with one attached hydrogen (secondary N) is 14. The molecule has 4 rings (SSSR count). The number of nitrogens with two attached hydrogens (primary N) is 2. The lowest BCUT2D eigenvalue weighted by molar-refractivity contribution is -0.365. The van der Waals surface area contributed by atoms with E-state index in [4.69, 9.17) is 59.2 Å². The molecule has 33 atom stereocenters. The van der Waals surface area contributed by atoms with Gasteiger partial charge in [-0.1, -0.05) is 0 Å². The number of amides is 14. The first-order chi connectivity index (χ1) is 64.5. The molecule has 0 bridgehead atoms. The SMILES string of the molecule is CC(=O)NC1C(OC2C(CO)OC(OC3C(CO)OC(OC4C(CO)OC(O)C(NC(C)=O)C4OC(C)C(=O)NC(C)C(=O)NC(CCC(=O)NC(CSCC(N)C(=O)O)C(=O)NC(C)C(=O)NCC(=O)O)C(=O)O)C(NC(C)=O)C3O)C(NC(C)=O)C2OC(C)C(=O)NC(C)C(=O)NC(CCC(=O)NC(CSCC(N)C(=O)O)C(=O)NC(C)C(=O)NC(C)C(=O)O)C(=O)O)OC(CO)C(O)C1O. The van der Waals surface area contributed by atoms with Gasteiger partial charge < -0.3 is 200 Å². The summed E-state index contributed by atoms with van der Waals surface area (Å²) in [5, 5.41) is 179. The number of carboxylic acids is 6. The van der Waals surface area contributed by atoms with Crippen molar-refractivity contribution in [1.29, 1.82) is 0 Å². The molecule has 0 aromatic rings. The maximum atomic E-state index is 14.5. The summed E-state index contributed by atoms with van der Waals surface area (Å²) in [4.78, 5) is 258. The Labute approximate surface area is 793 Å². The number of hydrogen-bond acceptors (Lipinski definition) is 41. The first-order valence-electron chi connectivity index (χ1n) is 42.7. The van der Waals surface area contributed by atoms with Crippen LogP contribution in [-0.2, 0) is 139 Å². The van der Waals surface area contributed by atoms with Crippen molar-refractivity contribution in [3.63, 3.8) is 0 Å². The van der Waals surface area contributed by atoms with Crippen molar-refractivity contribution in [3.8, 4) is 0 Å². The molecule has 4 aliphatic heterocycles. The van der Waals surface area contributed by atoms with Gasteiger partial charge in [0.15, 0.2) is 25.2 Å². The second-order valence-electron chi connectivity index (χ2n) is 32.3. The van der Waals surface area contributed by atoms with Crippen molar-refractivity contribution in [2.75, 3.05) is 56.0 Å². The Kier molecular flexibility index (Phi) is 49.6. The number of carboxylic acid groups (broad SMARTS) is 6. The predicted octanol–water partition coefficient (Wildman–Crippen LogP) is -15.6. The van der Waals surface area contributed by atoms with Crippen LogP contribution in [0, 0.1) is 0 Å². The molecule has 61 heteroatoms. The van der Waals surface area contributed by atoms with E-state index >= 15 is 0 Å². The van der Waals surface area contributed by atoms with Crippen LogP contribution in [0.3, 0.4) is 0 Å². The number of thioether (sulfide) groups is 2. The lowest BCUT2D eigenvalue weighted by atomic mass is 9.92. The number of aliphatic hydroxyl groups excluding tert-OH is 8. The predicted molar refractivity (Wildman–Crippen MR) is 461 cm³/mol. The normalized spacial score (nSPS) is 27.4. The molecule has 0 saturated carbocycles. The molecule has 0 aromatic heterocycles. The Balaban J connectivity index is 1.69. The number of aliphatic carboxylic acids is 6. The van der Waals surface area contributed by atoms with Gasteiger partial charge in [0, 0.05) is 63.5 Å². The molecule has 0 spiro atoms. The number of carbonyl (C=O) groups is 20. The maximum Gasteiger partial charge on any atom is 0.326 e. The highest BCUT2D eigenvalue weighted by molar-refractivity contribution is 7.99. The van der Waals surface area contributed by atoms with Gasteiger partial charge in [-0.15, -0.1) is 0 Å². The molecule has 4 fully saturated rings. The smallest absolute Gasteiger partial charge is 0.326 e. The summed E-state index contributed by atoms with van der Waals surface area (Å²) in [6, 6.07) is -25.3. The van der Waals surface area contributed by atoms with E-state index in [2.05, 4.69) is 69.1 Å². The Morgan fingerprint density at radius 1 is 0.333 bits per heavy atom. The minimum Gasteiger partial charge on any atom is -0.480 e. The van der Waals surface area contributed by atoms with Gasteiger partial charge in [-0.3, -0.25) is 86.3 Å². The summed E-state index contributed by atoms with van der Waals surface area (Å²) >= 11 is 1.55. The summed E-state index contributed by atoms with van der Waals surface area (Å²) in [5.41, 5.74) is 11.2. The van der Waals surface area contributed by atoms with Crippen LogP contribution in [0.1, 0.15) is 102 Å². The minimum atomic E-state index is -2.32. The zero-order valence-electron chi connectivity index (χ0n) is 76.3. The minimum absolute atomic E-state index is 0.293. The highest BCUT2D eigenvalue weighted by Gasteiger charge is 2.58. The summed E-state index contributed by atoms with van der Waals surface area (Å²) in [7, 11) is 0. The molecule has 138 heavy (non-hydrogen) atoms. The molecule has 33 unspecified atom stereocenters. The van der Waals surface area contributed by atoms with Crippen LogP contribution in [0.5, 0.6) is 0 Å². The van der Waals surface area contributed by atoms with Crippen LogP contribution in [0.2, 0.25) is 0 Å². The average molecular weight is 2030 g/mol. The molecule has 0 radical (unpaired) electrons. The number of ether oxygens (including phenoxy) is 9. The Morgan fingerprint density at radius 3 is 1.04 bits per heavy atom. The fourth-order valence-corrected chi connectivity index (χ4v) is 15.6. The first-order valence-corrected chi connectivity index (χ1v) is 45.0. The molecule has 4 heterocycles. The Hall–Kier alpha value is -10.7.